The van der Waals surface area contributed by atoms with Crippen LogP contribution in [0.5, 0.6) is 0 Å². The standard InChI is InChI=1S/C5H7NS/c6-7-4-2-1-3-5-7/h1-5H,6H2. The third-order valence-corrected chi connectivity index (χ3v) is 1.64. The third-order valence-electron chi connectivity index (χ3n) is 0.694. The number of hydrogen-bond donors (Lipinski definition) is 1. The van der Waals surface area contributed by atoms with E-state index in [-0.39, 0.29) is 10.7 Å². The number of hydrogen-bond acceptors (Lipinski definition) is 1. The Morgan fingerprint density at radius 1 is 1.14 bits per heavy atom. The molecule has 2 heteroatoms. The van der Waals surface area contributed by atoms with Crippen molar-refractivity contribution in [3.63, 3.8) is 0 Å². The van der Waals surface area contributed by atoms with Crippen LogP contribution in [0.25, 0.3) is 0 Å². The molecule has 38 valence electrons. The zero-order chi connectivity index (χ0) is 5.11. The summed E-state index contributed by atoms with van der Waals surface area (Å²) in [6.45, 7) is 0. The minimum atomic E-state index is -0.0826. The summed E-state index contributed by atoms with van der Waals surface area (Å²) in [5.74, 6) is 0. The second-order valence-corrected chi connectivity index (χ2v) is 2.62. The average molecular weight is 113 g/mol. The van der Waals surface area contributed by atoms with Gasteiger partial charge < -0.3 is 0 Å². The fourth-order valence-electron chi connectivity index (χ4n) is 0.382. The molecule has 0 aromatic heterocycles. The molecule has 0 aliphatic carbocycles. The Kier molecular flexibility index (Phi) is 1.44. The molecule has 0 radical (unpaired) electrons. The van der Waals surface area contributed by atoms with Crippen LogP contribution in [0.4, 0.5) is 0 Å². The highest BCUT2D eigenvalue weighted by atomic mass is 32.2. The summed E-state index contributed by atoms with van der Waals surface area (Å²) in [5.41, 5.74) is 0. The second-order valence-electron chi connectivity index (χ2n) is 1.26. The molecule has 1 atom stereocenters. The summed E-state index contributed by atoms with van der Waals surface area (Å²) < 4.78 is 0. The van der Waals surface area contributed by atoms with Crippen molar-refractivity contribution in [1.29, 1.82) is 0 Å². The van der Waals surface area contributed by atoms with Gasteiger partial charge >= 0.3 is 0 Å². The van der Waals surface area contributed by atoms with Crippen molar-refractivity contribution in [1.82, 2.24) is 0 Å². The molecule has 1 aliphatic heterocycles. The zero-order valence-corrected chi connectivity index (χ0v) is 4.69. The van der Waals surface area contributed by atoms with Gasteiger partial charge in [-0.15, -0.1) is 0 Å². The molecule has 0 aromatic carbocycles. The normalized spacial score (nSPS) is 27.3. The summed E-state index contributed by atoms with van der Waals surface area (Å²) in [6, 6.07) is 0. The van der Waals surface area contributed by atoms with E-state index in [1.54, 1.807) is 0 Å². The van der Waals surface area contributed by atoms with Crippen LogP contribution in [0, 0.1) is 0 Å². The highest BCUT2D eigenvalue weighted by Gasteiger charge is 1.76. The molecule has 1 nitrogen and oxygen atoms in total. The molecule has 0 bridgehead atoms. The Labute approximate surface area is 45.6 Å². The molecule has 0 spiro atoms. The van der Waals surface area contributed by atoms with Crippen molar-refractivity contribution in [3.05, 3.63) is 23.6 Å². The van der Waals surface area contributed by atoms with E-state index in [0.29, 0.717) is 0 Å². The number of nitrogens with two attached hydrogens (primary N) is 1. The monoisotopic (exact) mass is 113 g/mol. The Balaban J connectivity index is 2.82. The predicted molar refractivity (Wildman–Crippen MR) is 36.1 cm³/mol. The molecule has 0 fully saturated rings. The first-order valence-corrected chi connectivity index (χ1v) is 3.45. The van der Waals surface area contributed by atoms with Crippen molar-refractivity contribution in [2.75, 3.05) is 0 Å². The summed E-state index contributed by atoms with van der Waals surface area (Å²) >= 11 is 0. The lowest BCUT2D eigenvalue weighted by molar-refractivity contribution is 1.98. The Morgan fingerprint density at radius 3 is 2.29 bits per heavy atom. The fourth-order valence-corrected chi connectivity index (χ4v) is 1.02. The van der Waals surface area contributed by atoms with Crippen LogP contribution >= 0.6 is 10.7 Å². The first-order chi connectivity index (χ1) is 3.39. The first kappa shape index (κ1) is 4.81. The third kappa shape index (κ3) is 1.29. The van der Waals surface area contributed by atoms with Crippen molar-refractivity contribution >= 4 is 16.0 Å². The molecule has 0 amide bonds. The molecule has 0 saturated carbocycles. The van der Waals surface area contributed by atoms with E-state index < -0.39 is 0 Å². The molecular formula is C5H7NS. The molecular weight excluding hydrogens is 106 g/mol. The summed E-state index contributed by atoms with van der Waals surface area (Å²) in [4.78, 5) is 0. The van der Waals surface area contributed by atoms with Crippen molar-refractivity contribution < 1.29 is 0 Å². The predicted octanol–water partition coefficient (Wildman–Crippen LogP) is 1.01. The van der Waals surface area contributed by atoms with Gasteiger partial charge in [0, 0.05) is 0 Å². The van der Waals surface area contributed by atoms with Gasteiger partial charge in [-0.25, -0.2) is 0 Å². The summed E-state index contributed by atoms with van der Waals surface area (Å²) in [7, 11) is -0.0826. The maximum absolute atomic E-state index is 5.47. The zero-order valence-electron chi connectivity index (χ0n) is 3.87. The van der Waals surface area contributed by atoms with Crippen LogP contribution in [0.2, 0.25) is 0 Å². The Hall–Kier alpha value is -0.340. The lowest BCUT2D eigenvalue weighted by Gasteiger charge is -1.91. The lowest BCUT2D eigenvalue weighted by Crippen LogP contribution is -1.83. The fraction of sp³-hybridized carbons (Fsp3) is 0. The van der Waals surface area contributed by atoms with Crippen LogP contribution in [0.3, 0.4) is 0 Å². The highest BCUT2D eigenvalue weighted by Crippen LogP contribution is 2.04. The van der Waals surface area contributed by atoms with Crippen molar-refractivity contribution in [3.8, 4) is 0 Å². The minimum Gasteiger partial charge on any atom is -0.280 e. The van der Waals surface area contributed by atoms with Gasteiger partial charge in [-0.2, -0.15) is 0 Å². The molecule has 1 unspecified atom stereocenters. The molecule has 7 heavy (non-hydrogen) atoms. The molecule has 1 aliphatic rings. The number of rotatable bonds is 0. The van der Waals surface area contributed by atoms with Gasteiger partial charge in [-0.1, -0.05) is 28.9 Å². The minimum absolute atomic E-state index is 0.0826. The first-order valence-electron chi connectivity index (χ1n) is 2.04. The van der Waals surface area contributed by atoms with Crippen LogP contribution in [0.1, 0.15) is 0 Å². The van der Waals surface area contributed by atoms with E-state index in [0.717, 1.165) is 0 Å². The van der Waals surface area contributed by atoms with Crippen LogP contribution in [0.15, 0.2) is 23.6 Å². The van der Waals surface area contributed by atoms with E-state index in [4.69, 9.17) is 5.14 Å². The van der Waals surface area contributed by atoms with Crippen LogP contribution in [-0.4, -0.2) is 5.37 Å². The maximum atomic E-state index is 5.47. The second kappa shape index (κ2) is 2.09. The topological polar surface area (TPSA) is 26.0 Å². The van der Waals surface area contributed by atoms with Gasteiger partial charge in [-0.05, 0) is 10.8 Å². The van der Waals surface area contributed by atoms with Gasteiger partial charge in [0.2, 0.25) is 0 Å². The van der Waals surface area contributed by atoms with Crippen molar-refractivity contribution in [2.24, 2.45) is 5.14 Å². The number of allylic oxidation sites excluding steroid dienone is 3. The van der Waals surface area contributed by atoms with Gasteiger partial charge in [0.15, 0.2) is 0 Å². The van der Waals surface area contributed by atoms with E-state index in [9.17, 15) is 0 Å². The average Bonchev–Trinajstić information content (AvgIpc) is 1.69. The summed E-state index contributed by atoms with van der Waals surface area (Å²) in [6.07, 6.45) is 5.89. The quantitative estimate of drug-likeness (QED) is 0.466. The molecule has 0 aromatic rings. The molecule has 2 N–H and O–H groups in total. The lowest BCUT2D eigenvalue weighted by atomic mass is 10.5. The maximum Gasteiger partial charge on any atom is -0.0208 e. The van der Waals surface area contributed by atoms with E-state index in [2.05, 4.69) is 0 Å². The van der Waals surface area contributed by atoms with E-state index in [1.165, 1.54) is 0 Å². The van der Waals surface area contributed by atoms with Gasteiger partial charge in [0.1, 0.15) is 0 Å². The SMILES string of the molecule is NS1=CC=CC=C1. The highest BCUT2D eigenvalue weighted by molar-refractivity contribution is 8.15. The molecule has 1 rings (SSSR count). The van der Waals surface area contributed by atoms with Crippen LogP contribution in [-0.2, 0) is 0 Å². The van der Waals surface area contributed by atoms with E-state index >= 15 is 0 Å². The Morgan fingerprint density at radius 2 is 2.00 bits per heavy atom. The van der Waals surface area contributed by atoms with Gasteiger partial charge in [-0.3, -0.25) is 5.14 Å². The van der Waals surface area contributed by atoms with Crippen molar-refractivity contribution in [2.45, 2.75) is 0 Å². The molecule has 1 heterocycles. The smallest absolute Gasteiger partial charge is 0.0208 e. The van der Waals surface area contributed by atoms with Gasteiger partial charge in [0.05, 0.1) is 0 Å². The Bertz CT molecular complexity index is 144. The molecule has 0 saturated heterocycles. The summed E-state index contributed by atoms with van der Waals surface area (Å²) in [5, 5.41) is 9.41. The van der Waals surface area contributed by atoms with Crippen LogP contribution < -0.4 is 5.14 Å². The van der Waals surface area contributed by atoms with Gasteiger partial charge in [0.25, 0.3) is 0 Å². The van der Waals surface area contributed by atoms with E-state index in [1.807, 2.05) is 29.0 Å². The largest absolute Gasteiger partial charge is 0.280 e.